The first-order valence-corrected chi connectivity index (χ1v) is 6.50. The van der Waals surface area contributed by atoms with Gasteiger partial charge in [-0.15, -0.1) is 0 Å². The van der Waals surface area contributed by atoms with Gasteiger partial charge in [0.25, 0.3) is 0 Å². The van der Waals surface area contributed by atoms with Crippen LogP contribution in [0, 0.1) is 6.92 Å². The molecule has 0 amide bonds. The second-order valence-electron chi connectivity index (χ2n) is 4.61. The first-order chi connectivity index (χ1) is 8.65. The number of nitrogens with zero attached hydrogens (tertiary/aromatic N) is 2. The normalized spacial score (nSPS) is 10.8. The van der Waals surface area contributed by atoms with Gasteiger partial charge >= 0.3 is 5.69 Å². The summed E-state index contributed by atoms with van der Waals surface area (Å²) in [7, 11) is 0. The van der Waals surface area contributed by atoms with E-state index in [1.165, 1.54) is 11.1 Å². The van der Waals surface area contributed by atoms with Gasteiger partial charge in [0.1, 0.15) is 0 Å². The van der Waals surface area contributed by atoms with Gasteiger partial charge in [0.15, 0.2) is 0 Å². The Labute approximate surface area is 108 Å². The van der Waals surface area contributed by atoms with Crippen molar-refractivity contribution in [2.75, 3.05) is 0 Å². The molecule has 0 bridgehead atoms. The topological polar surface area (TPSA) is 26.9 Å². The zero-order valence-corrected chi connectivity index (χ0v) is 11.3. The number of aromatic nitrogens is 2. The van der Waals surface area contributed by atoms with Crippen LogP contribution < -0.4 is 5.69 Å². The summed E-state index contributed by atoms with van der Waals surface area (Å²) >= 11 is 0. The maximum atomic E-state index is 12.2. The summed E-state index contributed by atoms with van der Waals surface area (Å²) < 4.78 is 3.64. The number of hydrogen-bond acceptors (Lipinski definition) is 1. The third-order valence-corrected chi connectivity index (χ3v) is 3.28. The quantitative estimate of drug-likeness (QED) is 0.812. The van der Waals surface area contributed by atoms with Crippen LogP contribution in [-0.2, 0) is 19.5 Å². The minimum absolute atomic E-state index is 0.0925. The lowest BCUT2D eigenvalue weighted by Crippen LogP contribution is -2.24. The molecule has 3 heteroatoms. The van der Waals surface area contributed by atoms with Gasteiger partial charge in [-0.25, -0.2) is 4.79 Å². The van der Waals surface area contributed by atoms with Gasteiger partial charge in [0, 0.05) is 18.4 Å². The van der Waals surface area contributed by atoms with Gasteiger partial charge in [0.2, 0.25) is 0 Å². The first-order valence-electron chi connectivity index (χ1n) is 6.50. The number of aryl methyl sites for hydroxylation is 2. The Balaban J connectivity index is 2.32. The molecule has 1 heterocycles. The molecule has 0 aliphatic carbocycles. The Kier molecular flexibility index (Phi) is 3.70. The van der Waals surface area contributed by atoms with E-state index < -0.39 is 0 Å². The van der Waals surface area contributed by atoms with E-state index in [9.17, 15) is 4.79 Å². The molecular formula is C15H20N2O. The molecule has 18 heavy (non-hydrogen) atoms. The fourth-order valence-electron chi connectivity index (χ4n) is 2.21. The van der Waals surface area contributed by atoms with Crippen molar-refractivity contribution in [2.45, 2.75) is 40.3 Å². The summed E-state index contributed by atoms with van der Waals surface area (Å²) in [5, 5.41) is 0. The molecule has 2 aromatic rings. The van der Waals surface area contributed by atoms with Gasteiger partial charge in [-0.05, 0) is 25.8 Å². The van der Waals surface area contributed by atoms with Crippen LogP contribution in [0.1, 0.15) is 30.7 Å². The maximum absolute atomic E-state index is 12.2. The van der Waals surface area contributed by atoms with Gasteiger partial charge in [-0.3, -0.25) is 9.13 Å². The molecule has 0 aliphatic rings. The maximum Gasteiger partial charge on any atom is 0.328 e. The van der Waals surface area contributed by atoms with Crippen molar-refractivity contribution in [1.82, 2.24) is 9.13 Å². The van der Waals surface area contributed by atoms with Crippen molar-refractivity contribution in [2.24, 2.45) is 0 Å². The van der Waals surface area contributed by atoms with Crippen molar-refractivity contribution in [3.8, 4) is 0 Å². The molecule has 0 aliphatic heterocycles. The second kappa shape index (κ2) is 5.25. The molecule has 0 saturated heterocycles. The average Bonchev–Trinajstić information content (AvgIpc) is 2.68. The minimum atomic E-state index is 0.0925. The zero-order chi connectivity index (χ0) is 13.1. The largest absolute Gasteiger partial charge is 0.328 e. The Bertz CT molecular complexity index is 576. The molecule has 0 saturated carbocycles. The van der Waals surface area contributed by atoms with Crippen LogP contribution in [0.5, 0.6) is 0 Å². The van der Waals surface area contributed by atoms with Gasteiger partial charge < -0.3 is 0 Å². The highest BCUT2D eigenvalue weighted by molar-refractivity contribution is 5.21. The first kappa shape index (κ1) is 12.7. The number of hydrogen-bond donors (Lipinski definition) is 0. The molecule has 1 aromatic carbocycles. The highest BCUT2D eigenvalue weighted by Crippen LogP contribution is 2.06. The van der Waals surface area contributed by atoms with E-state index in [1.807, 2.05) is 17.7 Å². The third kappa shape index (κ3) is 2.40. The Morgan fingerprint density at radius 1 is 1.11 bits per heavy atom. The summed E-state index contributed by atoms with van der Waals surface area (Å²) in [5.74, 6) is 0. The SMILES string of the molecule is CCc1cn(Cc2ccc(C)cc2)c(=O)n1CC. The van der Waals surface area contributed by atoms with Crippen LogP contribution in [0.25, 0.3) is 0 Å². The number of imidazole rings is 1. The van der Waals surface area contributed by atoms with Crippen LogP contribution in [0.15, 0.2) is 35.3 Å². The lowest BCUT2D eigenvalue weighted by Gasteiger charge is -2.02. The van der Waals surface area contributed by atoms with Crippen LogP contribution in [0.3, 0.4) is 0 Å². The van der Waals surface area contributed by atoms with E-state index in [0.717, 1.165) is 18.7 Å². The molecular weight excluding hydrogens is 224 g/mol. The van der Waals surface area contributed by atoms with E-state index in [-0.39, 0.29) is 5.69 Å². The predicted molar refractivity (Wildman–Crippen MR) is 74.0 cm³/mol. The molecule has 0 atom stereocenters. The van der Waals surface area contributed by atoms with Crippen molar-refractivity contribution in [3.05, 3.63) is 57.8 Å². The van der Waals surface area contributed by atoms with Crippen molar-refractivity contribution >= 4 is 0 Å². The summed E-state index contributed by atoms with van der Waals surface area (Å²) in [6.07, 6.45) is 2.87. The second-order valence-corrected chi connectivity index (χ2v) is 4.61. The Morgan fingerprint density at radius 3 is 2.28 bits per heavy atom. The van der Waals surface area contributed by atoms with Gasteiger partial charge in [-0.2, -0.15) is 0 Å². The van der Waals surface area contributed by atoms with Crippen molar-refractivity contribution < 1.29 is 0 Å². The fraction of sp³-hybridized carbons (Fsp3) is 0.400. The van der Waals surface area contributed by atoms with Gasteiger partial charge in [-0.1, -0.05) is 36.8 Å². The van der Waals surface area contributed by atoms with Crippen LogP contribution in [-0.4, -0.2) is 9.13 Å². The molecule has 96 valence electrons. The number of benzene rings is 1. The summed E-state index contributed by atoms with van der Waals surface area (Å²) in [4.78, 5) is 12.2. The Morgan fingerprint density at radius 2 is 1.78 bits per heavy atom. The van der Waals surface area contributed by atoms with Crippen molar-refractivity contribution in [1.29, 1.82) is 0 Å². The van der Waals surface area contributed by atoms with Gasteiger partial charge in [0.05, 0.1) is 6.54 Å². The molecule has 2 rings (SSSR count). The highest BCUT2D eigenvalue weighted by Gasteiger charge is 2.08. The summed E-state index contributed by atoms with van der Waals surface area (Å²) in [5.41, 5.74) is 3.61. The standard InChI is InChI=1S/C15H20N2O/c1-4-14-11-16(15(18)17(14)5-2)10-13-8-6-12(3)7-9-13/h6-9,11H,4-5,10H2,1-3H3. The molecule has 0 radical (unpaired) electrons. The van der Waals surface area contributed by atoms with E-state index >= 15 is 0 Å². The fourth-order valence-corrected chi connectivity index (χ4v) is 2.21. The predicted octanol–water partition coefficient (Wildman–Crippen LogP) is 2.59. The third-order valence-electron chi connectivity index (χ3n) is 3.28. The van der Waals surface area contributed by atoms with Crippen LogP contribution in [0.2, 0.25) is 0 Å². The number of rotatable bonds is 4. The smallest absolute Gasteiger partial charge is 0.297 e. The van der Waals surface area contributed by atoms with E-state index in [4.69, 9.17) is 0 Å². The highest BCUT2D eigenvalue weighted by atomic mass is 16.1. The Hall–Kier alpha value is -1.77. The van der Waals surface area contributed by atoms with E-state index in [1.54, 1.807) is 4.57 Å². The molecule has 0 unspecified atom stereocenters. The van der Waals surface area contributed by atoms with Crippen molar-refractivity contribution in [3.63, 3.8) is 0 Å². The summed E-state index contributed by atoms with van der Waals surface area (Å²) in [6, 6.07) is 8.32. The molecule has 0 N–H and O–H groups in total. The molecule has 0 spiro atoms. The molecule has 0 fully saturated rings. The lowest BCUT2D eigenvalue weighted by atomic mass is 10.1. The van der Waals surface area contributed by atoms with Crippen LogP contribution >= 0.6 is 0 Å². The van der Waals surface area contributed by atoms with E-state index in [2.05, 4.69) is 38.1 Å². The lowest BCUT2D eigenvalue weighted by molar-refractivity contribution is 0.652. The monoisotopic (exact) mass is 244 g/mol. The average molecular weight is 244 g/mol. The van der Waals surface area contributed by atoms with Crippen LogP contribution in [0.4, 0.5) is 0 Å². The molecule has 1 aromatic heterocycles. The summed E-state index contributed by atoms with van der Waals surface area (Å²) in [6.45, 7) is 7.55. The minimum Gasteiger partial charge on any atom is -0.297 e. The molecule has 3 nitrogen and oxygen atoms in total. The zero-order valence-electron chi connectivity index (χ0n) is 11.3. The van der Waals surface area contributed by atoms with E-state index in [0.29, 0.717) is 6.54 Å².